The van der Waals surface area contributed by atoms with Crippen LogP contribution in [0.2, 0.25) is 5.02 Å². The number of hydrogen-bond donors (Lipinski definition) is 1. The van der Waals surface area contributed by atoms with E-state index in [0.29, 0.717) is 23.2 Å². The molecule has 2 rings (SSSR count). The van der Waals surface area contributed by atoms with Crippen LogP contribution in [0.15, 0.2) is 18.3 Å². The van der Waals surface area contributed by atoms with Crippen LogP contribution in [0.25, 0.3) is 0 Å². The van der Waals surface area contributed by atoms with E-state index >= 15 is 0 Å². The van der Waals surface area contributed by atoms with Crippen LogP contribution in [0.3, 0.4) is 0 Å². The number of rotatable bonds is 6. The van der Waals surface area contributed by atoms with Gasteiger partial charge < -0.3 is 10.1 Å². The van der Waals surface area contributed by atoms with E-state index < -0.39 is 12.0 Å². The van der Waals surface area contributed by atoms with Crippen molar-refractivity contribution in [2.45, 2.75) is 51.6 Å². The van der Waals surface area contributed by atoms with Gasteiger partial charge in [-0.05, 0) is 31.4 Å². The summed E-state index contributed by atoms with van der Waals surface area (Å²) >= 11 is 5.72. The summed E-state index contributed by atoms with van der Waals surface area (Å²) in [5.41, 5.74) is 0. The Morgan fingerprint density at radius 3 is 2.77 bits per heavy atom. The van der Waals surface area contributed by atoms with Crippen molar-refractivity contribution >= 4 is 29.3 Å². The first-order chi connectivity index (χ1) is 10.5. The van der Waals surface area contributed by atoms with E-state index in [1.165, 1.54) is 31.9 Å². The number of nitrogens with one attached hydrogen (secondary N) is 1. The van der Waals surface area contributed by atoms with Gasteiger partial charge in [-0.2, -0.15) is 0 Å². The Morgan fingerprint density at radius 2 is 2.14 bits per heavy atom. The highest BCUT2D eigenvalue weighted by Crippen LogP contribution is 2.28. The molecule has 6 heteroatoms. The number of amides is 1. The zero-order chi connectivity index (χ0) is 15.9. The summed E-state index contributed by atoms with van der Waals surface area (Å²) in [6.45, 7) is 1.55. The van der Waals surface area contributed by atoms with Gasteiger partial charge in [-0.1, -0.05) is 37.3 Å². The van der Waals surface area contributed by atoms with E-state index in [1.807, 2.05) is 0 Å². The van der Waals surface area contributed by atoms with Crippen LogP contribution in [0.5, 0.6) is 0 Å². The maximum atomic E-state index is 11.9. The molecule has 1 atom stereocenters. The van der Waals surface area contributed by atoms with Crippen LogP contribution in [-0.2, 0) is 14.3 Å². The number of carbonyl (C=O) groups excluding carboxylic acids is 2. The first-order valence-electron chi connectivity index (χ1n) is 7.66. The highest BCUT2D eigenvalue weighted by molar-refractivity contribution is 6.30. The molecule has 1 aromatic rings. The lowest BCUT2D eigenvalue weighted by Gasteiger charge is -2.14. The average molecular weight is 325 g/mol. The van der Waals surface area contributed by atoms with Crippen LogP contribution in [0.4, 0.5) is 5.82 Å². The van der Waals surface area contributed by atoms with Gasteiger partial charge in [-0.15, -0.1) is 0 Å². The lowest BCUT2D eigenvalue weighted by molar-refractivity contribution is -0.153. The number of hydrogen-bond acceptors (Lipinski definition) is 4. The van der Waals surface area contributed by atoms with Crippen molar-refractivity contribution in [1.82, 2.24) is 4.98 Å². The number of pyridine rings is 1. The third-order valence-electron chi connectivity index (χ3n) is 3.89. The molecule has 120 valence electrons. The molecule has 1 aliphatic carbocycles. The smallest absolute Gasteiger partial charge is 0.306 e. The van der Waals surface area contributed by atoms with Crippen molar-refractivity contribution in [1.29, 1.82) is 0 Å². The van der Waals surface area contributed by atoms with Crippen LogP contribution in [0, 0.1) is 5.92 Å². The van der Waals surface area contributed by atoms with E-state index in [4.69, 9.17) is 16.3 Å². The molecule has 0 aromatic carbocycles. The zero-order valence-electron chi connectivity index (χ0n) is 12.7. The number of ether oxygens (including phenoxy) is 1. The number of nitrogens with zero attached hydrogens (tertiary/aromatic N) is 1. The van der Waals surface area contributed by atoms with Gasteiger partial charge in [-0.3, -0.25) is 9.59 Å². The predicted octanol–water partition coefficient (Wildman–Crippen LogP) is 3.58. The highest BCUT2D eigenvalue weighted by atomic mass is 35.5. The first-order valence-corrected chi connectivity index (χ1v) is 8.04. The summed E-state index contributed by atoms with van der Waals surface area (Å²) < 4.78 is 5.16. The largest absolute Gasteiger partial charge is 0.453 e. The van der Waals surface area contributed by atoms with Gasteiger partial charge in [0, 0.05) is 12.6 Å². The number of carbonyl (C=O) groups is 2. The van der Waals surface area contributed by atoms with Crippen molar-refractivity contribution in [2.24, 2.45) is 5.92 Å². The summed E-state index contributed by atoms with van der Waals surface area (Å²) in [5, 5.41) is 3.08. The molecule has 0 spiro atoms. The minimum atomic E-state index is -0.839. The van der Waals surface area contributed by atoms with Crippen LogP contribution >= 0.6 is 11.6 Å². The minimum Gasteiger partial charge on any atom is -0.453 e. The second-order valence-electron chi connectivity index (χ2n) is 5.67. The van der Waals surface area contributed by atoms with E-state index in [1.54, 1.807) is 19.1 Å². The summed E-state index contributed by atoms with van der Waals surface area (Å²) in [5.74, 6) is 0.292. The minimum absolute atomic E-state index is 0.321. The van der Waals surface area contributed by atoms with E-state index in [9.17, 15) is 9.59 Å². The lowest BCUT2D eigenvalue weighted by atomic mass is 10.0. The van der Waals surface area contributed by atoms with Gasteiger partial charge in [0.05, 0.1) is 5.02 Å². The first kappa shape index (κ1) is 16.7. The van der Waals surface area contributed by atoms with Crippen molar-refractivity contribution < 1.29 is 14.3 Å². The Kier molecular flexibility index (Phi) is 6.19. The Hall–Kier alpha value is -1.62. The molecule has 1 saturated carbocycles. The molecule has 0 radical (unpaired) electrons. The highest BCUT2D eigenvalue weighted by Gasteiger charge is 2.20. The molecule has 1 unspecified atom stereocenters. The van der Waals surface area contributed by atoms with Gasteiger partial charge in [0.1, 0.15) is 5.82 Å². The summed E-state index contributed by atoms with van der Waals surface area (Å²) in [7, 11) is 0. The Morgan fingerprint density at radius 1 is 1.41 bits per heavy atom. The average Bonchev–Trinajstić information content (AvgIpc) is 3.01. The third kappa shape index (κ3) is 5.30. The lowest BCUT2D eigenvalue weighted by Crippen LogP contribution is -2.30. The standard InChI is InChI=1S/C16H21ClN2O3/c1-11(16(21)19-14-8-7-13(17)10-18-14)22-15(20)9-6-12-4-2-3-5-12/h7-8,10-12H,2-6,9H2,1H3,(H,18,19,21). The molecule has 0 aliphatic heterocycles. The Labute approximate surface area is 135 Å². The molecule has 1 N–H and O–H groups in total. The van der Waals surface area contributed by atoms with E-state index in [2.05, 4.69) is 10.3 Å². The maximum Gasteiger partial charge on any atom is 0.306 e. The topological polar surface area (TPSA) is 68.3 Å². The van der Waals surface area contributed by atoms with Gasteiger partial charge >= 0.3 is 5.97 Å². The molecule has 0 saturated heterocycles. The number of aromatic nitrogens is 1. The van der Waals surface area contributed by atoms with E-state index in [0.717, 1.165) is 6.42 Å². The molecular weight excluding hydrogens is 304 g/mol. The normalized spacial score (nSPS) is 16.3. The molecule has 0 bridgehead atoms. The SMILES string of the molecule is CC(OC(=O)CCC1CCCC1)C(=O)Nc1ccc(Cl)cn1. The number of esters is 1. The quantitative estimate of drug-likeness (QED) is 0.812. The second kappa shape index (κ2) is 8.13. The Balaban J connectivity index is 1.72. The van der Waals surface area contributed by atoms with E-state index in [-0.39, 0.29) is 5.97 Å². The monoisotopic (exact) mass is 324 g/mol. The maximum absolute atomic E-state index is 11.9. The molecule has 5 nitrogen and oxygen atoms in total. The molecule has 1 aromatic heterocycles. The van der Waals surface area contributed by atoms with Crippen LogP contribution in [-0.4, -0.2) is 23.0 Å². The summed E-state index contributed by atoms with van der Waals surface area (Å²) in [6, 6.07) is 3.22. The van der Waals surface area contributed by atoms with Crippen molar-refractivity contribution in [3.05, 3.63) is 23.4 Å². The molecule has 1 aliphatic rings. The predicted molar refractivity (Wildman–Crippen MR) is 84.6 cm³/mol. The van der Waals surface area contributed by atoms with Crippen LogP contribution < -0.4 is 5.32 Å². The second-order valence-corrected chi connectivity index (χ2v) is 6.11. The molecule has 1 amide bonds. The molecular formula is C16H21ClN2O3. The van der Waals surface area contributed by atoms with Crippen molar-refractivity contribution in [3.8, 4) is 0 Å². The fourth-order valence-corrected chi connectivity index (χ4v) is 2.72. The zero-order valence-corrected chi connectivity index (χ0v) is 13.4. The summed E-state index contributed by atoms with van der Waals surface area (Å²) in [6.07, 6.45) is 6.74. The fourth-order valence-electron chi connectivity index (χ4n) is 2.61. The summed E-state index contributed by atoms with van der Waals surface area (Å²) in [4.78, 5) is 27.7. The molecule has 1 fully saturated rings. The third-order valence-corrected chi connectivity index (χ3v) is 4.11. The van der Waals surface area contributed by atoms with Crippen LogP contribution in [0.1, 0.15) is 45.4 Å². The molecule has 1 heterocycles. The van der Waals surface area contributed by atoms with Gasteiger partial charge in [0.2, 0.25) is 0 Å². The number of halogens is 1. The van der Waals surface area contributed by atoms with Gasteiger partial charge in [-0.25, -0.2) is 4.98 Å². The number of anilines is 1. The van der Waals surface area contributed by atoms with Gasteiger partial charge in [0.25, 0.3) is 5.91 Å². The van der Waals surface area contributed by atoms with Crippen molar-refractivity contribution in [3.63, 3.8) is 0 Å². The fraction of sp³-hybridized carbons (Fsp3) is 0.562. The molecule has 22 heavy (non-hydrogen) atoms. The van der Waals surface area contributed by atoms with Crippen molar-refractivity contribution in [2.75, 3.05) is 5.32 Å². The Bertz CT molecular complexity index is 513. The van der Waals surface area contributed by atoms with Gasteiger partial charge in [0.15, 0.2) is 6.10 Å².